The molecule has 8 rings (SSSR count). The highest BCUT2D eigenvalue weighted by atomic mass is 16.6. The smallest absolute Gasteiger partial charge is 0.343 e. The molecule has 7 aromatic rings. The quantitative estimate of drug-likeness (QED) is 0.0114. The molecule has 7 aromatic carbocycles. The molecular formula is C81H84O20. The summed E-state index contributed by atoms with van der Waals surface area (Å²) < 4.78 is 65.2. The molecule has 0 saturated carbocycles. The highest BCUT2D eigenvalue weighted by Gasteiger charge is 2.28. The van der Waals surface area contributed by atoms with Crippen molar-refractivity contribution in [3.05, 3.63) is 241 Å². The maximum Gasteiger partial charge on any atom is 0.343 e. The van der Waals surface area contributed by atoms with Gasteiger partial charge in [-0.3, -0.25) is 0 Å². The Labute approximate surface area is 588 Å². The van der Waals surface area contributed by atoms with Crippen molar-refractivity contribution in [2.45, 2.75) is 96.8 Å². The summed E-state index contributed by atoms with van der Waals surface area (Å²) in [5.41, 5.74) is 6.20. The van der Waals surface area contributed by atoms with E-state index >= 15 is 0 Å². The van der Waals surface area contributed by atoms with Gasteiger partial charge in [-0.2, -0.15) is 0 Å². The molecule has 20 heteroatoms. The number of benzene rings is 7. The van der Waals surface area contributed by atoms with Crippen LogP contribution in [0.25, 0.3) is 11.1 Å². The molecule has 0 N–H and O–H groups in total. The van der Waals surface area contributed by atoms with Crippen molar-refractivity contribution in [3.63, 3.8) is 0 Å². The summed E-state index contributed by atoms with van der Waals surface area (Å²) in [7, 11) is 0. The first-order chi connectivity index (χ1) is 49.0. The third-order valence-electron chi connectivity index (χ3n) is 15.5. The first-order valence-electron chi connectivity index (χ1n) is 33.4. The van der Waals surface area contributed by atoms with Gasteiger partial charge in [-0.1, -0.05) is 45.4 Å². The number of aryl methyl sites for hydroxylation is 1. The molecular weight excluding hydrogens is 1290 g/mol. The molecule has 528 valence electrons. The van der Waals surface area contributed by atoms with Gasteiger partial charge < -0.3 is 56.8 Å². The number of fused-ring (bicyclic) bond motifs is 3. The van der Waals surface area contributed by atoms with Gasteiger partial charge in [-0.05, 0) is 251 Å². The van der Waals surface area contributed by atoms with Gasteiger partial charge in [0.1, 0.15) is 46.0 Å². The van der Waals surface area contributed by atoms with Crippen molar-refractivity contribution < 1.29 is 95.2 Å². The van der Waals surface area contributed by atoms with Gasteiger partial charge in [-0.15, -0.1) is 0 Å². The van der Waals surface area contributed by atoms with E-state index in [2.05, 4.69) is 33.2 Å². The third-order valence-corrected chi connectivity index (χ3v) is 15.5. The molecule has 0 aromatic heterocycles. The molecule has 1 aliphatic rings. The predicted octanol–water partition coefficient (Wildman–Crippen LogP) is 15.8. The SMILES string of the molecule is C=CC(=O)OCCCCCCOc1ccc(C(=O)Oc2ccc3c(c2)C(C)c2cc(OC(=O)c4ccc(OCCCCCCOC(=O)C=C)cc4)ccc2-3)cc1.C=CC(=O)OCCCCOc1ccc(C(=O)Oc2ccc(OC(=O)c3ccc(OCCCCOC(=O)C=C)cc3)c(C)c2)cc1. The van der Waals surface area contributed by atoms with Crippen molar-refractivity contribution in [2.75, 3.05) is 52.9 Å². The van der Waals surface area contributed by atoms with Crippen molar-refractivity contribution >= 4 is 47.8 Å². The van der Waals surface area contributed by atoms with Crippen molar-refractivity contribution in [2.24, 2.45) is 0 Å². The summed E-state index contributed by atoms with van der Waals surface area (Å²) in [5.74, 6) is 0.289. The topological polar surface area (TPSA) is 247 Å². The molecule has 1 aliphatic carbocycles. The van der Waals surface area contributed by atoms with Gasteiger partial charge in [0.15, 0.2) is 0 Å². The number of carbonyl (C=O) groups is 8. The van der Waals surface area contributed by atoms with Crippen LogP contribution < -0.4 is 37.9 Å². The van der Waals surface area contributed by atoms with E-state index in [1.165, 1.54) is 0 Å². The zero-order chi connectivity index (χ0) is 72.1. The van der Waals surface area contributed by atoms with E-state index in [1.54, 1.807) is 134 Å². The largest absolute Gasteiger partial charge is 0.494 e. The lowest BCUT2D eigenvalue weighted by Crippen LogP contribution is -2.11. The van der Waals surface area contributed by atoms with Crippen LogP contribution in [0.1, 0.15) is 148 Å². The van der Waals surface area contributed by atoms with E-state index in [1.807, 2.05) is 24.3 Å². The Kier molecular flexibility index (Phi) is 31.7. The molecule has 0 radical (unpaired) electrons. The first kappa shape index (κ1) is 76.8. The van der Waals surface area contributed by atoms with Gasteiger partial charge in [0, 0.05) is 30.2 Å². The Bertz CT molecular complexity index is 3800. The monoisotopic (exact) mass is 1380 g/mol. The van der Waals surface area contributed by atoms with Crippen LogP contribution >= 0.6 is 0 Å². The molecule has 0 bridgehead atoms. The Morgan fingerprint density at radius 2 is 0.554 bits per heavy atom. The predicted molar refractivity (Wildman–Crippen MR) is 378 cm³/mol. The van der Waals surface area contributed by atoms with Crippen LogP contribution in [0.2, 0.25) is 0 Å². The van der Waals surface area contributed by atoms with E-state index in [0.717, 1.165) is 97.9 Å². The minimum absolute atomic E-state index is 0.0187. The molecule has 0 saturated heterocycles. The second-order valence-electron chi connectivity index (χ2n) is 22.9. The van der Waals surface area contributed by atoms with Crippen molar-refractivity contribution in [1.29, 1.82) is 0 Å². The number of esters is 8. The zero-order valence-electron chi connectivity index (χ0n) is 57.0. The normalized spacial score (nSPS) is 10.9. The lowest BCUT2D eigenvalue weighted by atomic mass is 9.99. The van der Waals surface area contributed by atoms with Crippen LogP contribution in [-0.4, -0.2) is 101 Å². The molecule has 0 atom stereocenters. The molecule has 0 unspecified atom stereocenters. The van der Waals surface area contributed by atoms with Gasteiger partial charge in [0.05, 0.1) is 75.1 Å². The fraction of sp³-hybridized carbons (Fsp3) is 0.284. The van der Waals surface area contributed by atoms with Crippen molar-refractivity contribution in [3.8, 4) is 57.1 Å². The van der Waals surface area contributed by atoms with Gasteiger partial charge in [0.2, 0.25) is 0 Å². The molecule has 0 amide bonds. The molecule has 0 aliphatic heterocycles. The first-order valence-corrected chi connectivity index (χ1v) is 33.4. The van der Waals surface area contributed by atoms with Crippen molar-refractivity contribution in [1.82, 2.24) is 0 Å². The Morgan fingerprint density at radius 3 is 0.851 bits per heavy atom. The number of carbonyl (C=O) groups excluding carboxylic acids is 8. The second-order valence-corrected chi connectivity index (χ2v) is 22.9. The Balaban J connectivity index is 0.000000291. The fourth-order valence-corrected chi connectivity index (χ4v) is 10.00. The number of rotatable bonds is 40. The summed E-state index contributed by atoms with van der Waals surface area (Å²) >= 11 is 0. The van der Waals surface area contributed by atoms with Crippen LogP contribution in [-0.2, 0) is 38.1 Å². The minimum Gasteiger partial charge on any atom is -0.494 e. The van der Waals surface area contributed by atoms with E-state index in [-0.39, 0.29) is 5.92 Å². The maximum atomic E-state index is 13.0. The average Bonchev–Trinajstić information content (AvgIpc) is 1.61. The van der Waals surface area contributed by atoms with E-state index in [0.29, 0.717) is 152 Å². The molecule has 0 heterocycles. The van der Waals surface area contributed by atoms with Crippen LogP contribution in [0, 0.1) is 6.92 Å². The van der Waals surface area contributed by atoms with Crippen LogP contribution in [0.3, 0.4) is 0 Å². The molecule has 0 fully saturated rings. The highest BCUT2D eigenvalue weighted by Crippen LogP contribution is 2.47. The third kappa shape index (κ3) is 26.0. The van der Waals surface area contributed by atoms with Gasteiger partial charge >= 0.3 is 47.8 Å². The zero-order valence-corrected chi connectivity index (χ0v) is 57.0. The van der Waals surface area contributed by atoms with Crippen LogP contribution in [0.4, 0.5) is 0 Å². The molecule has 101 heavy (non-hydrogen) atoms. The number of hydrogen-bond acceptors (Lipinski definition) is 20. The Morgan fingerprint density at radius 1 is 0.307 bits per heavy atom. The van der Waals surface area contributed by atoms with E-state index in [4.69, 9.17) is 56.8 Å². The number of ether oxygens (including phenoxy) is 12. The highest BCUT2D eigenvalue weighted by molar-refractivity contribution is 5.94. The summed E-state index contributed by atoms with van der Waals surface area (Å²) in [6, 6.07) is 42.8. The van der Waals surface area contributed by atoms with Crippen LogP contribution in [0.5, 0.6) is 46.0 Å². The minimum atomic E-state index is -0.548. The summed E-state index contributed by atoms with van der Waals surface area (Å²) in [6.07, 6.45) is 14.3. The van der Waals surface area contributed by atoms with E-state index in [9.17, 15) is 38.4 Å². The molecule has 0 spiro atoms. The van der Waals surface area contributed by atoms with Gasteiger partial charge in [-0.25, -0.2) is 38.4 Å². The van der Waals surface area contributed by atoms with Crippen LogP contribution in [0.15, 0.2) is 202 Å². The fourth-order valence-electron chi connectivity index (χ4n) is 10.00. The second kappa shape index (κ2) is 41.7. The molecule has 20 nitrogen and oxygen atoms in total. The summed E-state index contributed by atoms with van der Waals surface area (Å²) in [5, 5.41) is 0. The average molecular weight is 1380 g/mol. The maximum absolute atomic E-state index is 13.0. The standard InChI is InChI=1S/C46H48O10.C35H36O10/c1-4-43(47)53-28-12-8-6-10-26-51-35-18-14-33(15-19-35)45(49)55-37-22-24-39-40-25-23-38(31-42(40)32(3)41(39)30-37)56-46(50)34-16-20-36(21-17-34)52-27-11-7-9-13-29-54-44(48)5-2;1-4-32(36)42-22-8-6-20-40-28-14-10-26(11-15-28)34(38)44-30-18-19-31(25(3)24-30)45-35(39)27-12-16-29(17-13-27)41-21-7-9-23-43-33(37)5-2/h4-5,14-25,30-32H,1-2,6-13,26-29H2,3H3;4-5,10-19,24H,1-2,6-9,20-23H2,3H3. The van der Waals surface area contributed by atoms with E-state index < -0.39 is 47.8 Å². The van der Waals surface area contributed by atoms with Gasteiger partial charge in [0.25, 0.3) is 0 Å². The lowest BCUT2D eigenvalue weighted by molar-refractivity contribution is -0.138. The number of hydrogen-bond donors (Lipinski definition) is 0. The number of unbranched alkanes of at least 4 members (excludes halogenated alkanes) is 8. The summed E-state index contributed by atoms with van der Waals surface area (Å²) in [4.78, 5) is 95.5. The summed E-state index contributed by atoms with van der Waals surface area (Å²) in [6.45, 7) is 20.6. The lowest BCUT2D eigenvalue weighted by Gasteiger charge is -2.11. The Hall–Kier alpha value is -11.5.